The van der Waals surface area contributed by atoms with E-state index in [0.717, 1.165) is 22.0 Å². The molecule has 0 fully saturated rings. The third kappa shape index (κ3) is 2.12. The molecular formula is C13H15ClN2. The first-order valence-electron chi connectivity index (χ1n) is 5.39. The van der Waals surface area contributed by atoms with Crippen molar-refractivity contribution in [1.82, 2.24) is 10.2 Å². The molecule has 0 aliphatic heterocycles. The van der Waals surface area contributed by atoms with Gasteiger partial charge in [0.2, 0.25) is 0 Å². The van der Waals surface area contributed by atoms with Gasteiger partial charge in [-0.2, -0.15) is 5.10 Å². The van der Waals surface area contributed by atoms with Crippen molar-refractivity contribution in [3.8, 4) is 11.3 Å². The standard InChI is InChI=1S/C13H15ClN2/c1-8(2)11-5-4-10(14)7-12(11)13-6-9(3)15-16-13/h4-8H,1-3H3,(H,15,16). The van der Waals surface area contributed by atoms with Gasteiger partial charge in [0.05, 0.1) is 5.69 Å². The molecule has 0 radical (unpaired) electrons. The highest BCUT2D eigenvalue weighted by atomic mass is 35.5. The maximum Gasteiger partial charge on any atom is 0.0926 e. The maximum absolute atomic E-state index is 6.04. The molecule has 2 rings (SSSR count). The second kappa shape index (κ2) is 4.30. The Morgan fingerprint density at radius 1 is 1.25 bits per heavy atom. The Bertz CT molecular complexity index is 500. The summed E-state index contributed by atoms with van der Waals surface area (Å²) < 4.78 is 0. The van der Waals surface area contributed by atoms with Gasteiger partial charge in [0.15, 0.2) is 0 Å². The van der Waals surface area contributed by atoms with E-state index >= 15 is 0 Å². The summed E-state index contributed by atoms with van der Waals surface area (Å²) in [6.07, 6.45) is 0. The Morgan fingerprint density at radius 2 is 2.00 bits per heavy atom. The summed E-state index contributed by atoms with van der Waals surface area (Å²) in [5.74, 6) is 0.462. The first-order valence-corrected chi connectivity index (χ1v) is 5.77. The minimum atomic E-state index is 0.462. The monoisotopic (exact) mass is 234 g/mol. The van der Waals surface area contributed by atoms with Crippen LogP contribution >= 0.6 is 11.6 Å². The van der Waals surface area contributed by atoms with E-state index < -0.39 is 0 Å². The number of rotatable bonds is 2. The second-order valence-electron chi connectivity index (χ2n) is 4.32. The van der Waals surface area contributed by atoms with Gasteiger partial charge in [-0.15, -0.1) is 0 Å². The number of H-pyrrole nitrogens is 1. The van der Waals surface area contributed by atoms with Crippen molar-refractivity contribution in [3.05, 3.63) is 40.5 Å². The fourth-order valence-electron chi connectivity index (χ4n) is 1.81. The van der Waals surface area contributed by atoms with Gasteiger partial charge in [0.1, 0.15) is 0 Å². The lowest BCUT2D eigenvalue weighted by Gasteiger charge is -2.11. The van der Waals surface area contributed by atoms with Gasteiger partial charge in [-0.3, -0.25) is 5.10 Å². The number of nitrogens with zero attached hydrogens (tertiary/aromatic N) is 1. The molecular weight excluding hydrogens is 220 g/mol. The van der Waals surface area contributed by atoms with Crippen LogP contribution in [0.25, 0.3) is 11.3 Å². The number of nitrogens with one attached hydrogen (secondary N) is 1. The van der Waals surface area contributed by atoms with Crippen LogP contribution in [-0.4, -0.2) is 10.2 Å². The lowest BCUT2D eigenvalue weighted by atomic mass is 9.95. The molecule has 0 saturated heterocycles. The highest BCUT2D eigenvalue weighted by molar-refractivity contribution is 6.30. The average Bonchev–Trinajstić information content (AvgIpc) is 2.64. The van der Waals surface area contributed by atoms with Crippen LogP contribution in [0.1, 0.15) is 31.0 Å². The fourth-order valence-corrected chi connectivity index (χ4v) is 1.98. The lowest BCUT2D eigenvalue weighted by molar-refractivity contribution is 0.867. The predicted molar refractivity (Wildman–Crippen MR) is 67.9 cm³/mol. The molecule has 1 aromatic carbocycles. The number of benzene rings is 1. The highest BCUT2D eigenvalue weighted by Gasteiger charge is 2.11. The minimum Gasteiger partial charge on any atom is -0.282 e. The van der Waals surface area contributed by atoms with Gasteiger partial charge in [0.25, 0.3) is 0 Å². The first-order chi connectivity index (χ1) is 7.58. The van der Waals surface area contributed by atoms with Gasteiger partial charge in [-0.05, 0) is 36.6 Å². The summed E-state index contributed by atoms with van der Waals surface area (Å²) in [6.45, 7) is 6.34. The molecule has 0 bridgehead atoms. The van der Waals surface area contributed by atoms with E-state index in [1.165, 1.54) is 5.56 Å². The quantitative estimate of drug-likeness (QED) is 0.831. The SMILES string of the molecule is Cc1cc(-c2cc(Cl)ccc2C(C)C)n[nH]1. The molecule has 0 aliphatic rings. The molecule has 2 nitrogen and oxygen atoms in total. The van der Waals surface area contributed by atoms with Gasteiger partial charge in [0, 0.05) is 16.3 Å². The fraction of sp³-hybridized carbons (Fsp3) is 0.308. The molecule has 0 amide bonds. The number of hydrogen-bond acceptors (Lipinski definition) is 1. The highest BCUT2D eigenvalue weighted by Crippen LogP contribution is 2.30. The van der Waals surface area contributed by atoms with Crippen LogP contribution in [0.5, 0.6) is 0 Å². The number of aryl methyl sites for hydroxylation is 1. The zero-order valence-electron chi connectivity index (χ0n) is 9.71. The summed E-state index contributed by atoms with van der Waals surface area (Å²) >= 11 is 6.04. The molecule has 2 aromatic rings. The van der Waals surface area contributed by atoms with Crippen molar-refractivity contribution >= 4 is 11.6 Å². The van der Waals surface area contributed by atoms with E-state index in [2.05, 4.69) is 30.1 Å². The zero-order valence-corrected chi connectivity index (χ0v) is 10.5. The van der Waals surface area contributed by atoms with E-state index in [1.807, 2.05) is 25.1 Å². The average molecular weight is 235 g/mol. The molecule has 84 valence electrons. The van der Waals surface area contributed by atoms with E-state index in [-0.39, 0.29) is 0 Å². The summed E-state index contributed by atoms with van der Waals surface area (Å²) in [5, 5.41) is 8.00. The summed E-state index contributed by atoms with van der Waals surface area (Å²) in [7, 11) is 0. The Labute approximate surface area is 101 Å². The van der Waals surface area contributed by atoms with Crippen LogP contribution in [0.2, 0.25) is 5.02 Å². The van der Waals surface area contributed by atoms with Crippen LogP contribution in [0.3, 0.4) is 0 Å². The molecule has 0 aliphatic carbocycles. The molecule has 0 saturated carbocycles. The van der Waals surface area contributed by atoms with Crippen LogP contribution in [0.15, 0.2) is 24.3 Å². The first kappa shape index (κ1) is 11.2. The van der Waals surface area contributed by atoms with Crippen molar-refractivity contribution in [3.63, 3.8) is 0 Å². The Morgan fingerprint density at radius 3 is 2.56 bits per heavy atom. The molecule has 16 heavy (non-hydrogen) atoms. The molecule has 0 unspecified atom stereocenters. The molecule has 0 spiro atoms. The summed E-state index contributed by atoms with van der Waals surface area (Å²) in [4.78, 5) is 0. The maximum atomic E-state index is 6.04. The Hall–Kier alpha value is -1.28. The molecule has 1 heterocycles. The minimum absolute atomic E-state index is 0.462. The van der Waals surface area contributed by atoms with E-state index in [1.54, 1.807) is 0 Å². The zero-order chi connectivity index (χ0) is 11.7. The second-order valence-corrected chi connectivity index (χ2v) is 4.76. The van der Waals surface area contributed by atoms with Crippen molar-refractivity contribution in [2.24, 2.45) is 0 Å². The molecule has 3 heteroatoms. The number of aromatic nitrogens is 2. The van der Waals surface area contributed by atoms with Crippen LogP contribution < -0.4 is 0 Å². The van der Waals surface area contributed by atoms with Gasteiger partial charge < -0.3 is 0 Å². The van der Waals surface area contributed by atoms with Crippen LogP contribution in [0.4, 0.5) is 0 Å². The van der Waals surface area contributed by atoms with E-state index in [9.17, 15) is 0 Å². The molecule has 1 N–H and O–H groups in total. The Balaban J connectivity index is 2.57. The van der Waals surface area contributed by atoms with Crippen molar-refractivity contribution in [2.45, 2.75) is 26.7 Å². The van der Waals surface area contributed by atoms with Gasteiger partial charge >= 0.3 is 0 Å². The normalized spacial score (nSPS) is 11.1. The van der Waals surface area contributed by atoms with Crippen molar-refractivity contribution < 1.29 is 0 Å². The van der Waals surface area contributed by atoms with E-state index in [4.69, 9.17) is 11.6 Å². The topological polar surface area (TPSA) is 28.7 Å². The lowest BCUT2D eigenvalue weighted by Crippen LogP contribution is -1.92. The van der Waals surface area contributed by atoms with Crippen LogP contribution in [0, 0.1) is 6.92 Å². The summed E-state index contributed by atoms with van der Waals surface area (Å²) in [6, 6.07) is 8.02. The number of hydrogen-bond donors (Lipinski definition) is 1. The molecule has 0 atom stereocenters. The Kier molecular flexibility index (Phi) is 3.01. The van der Waals surface area contributed by atoms with Gasteiger partial charge in [-0.25, -0.2) is 0 Å². The predicted octanol–water partition coefficient (Wildman–Crippen LogP) is 4.16. The largest absolute Gasteiger partial charge is 0.282 e. The number of aromatic amines is 1. The van der Waals surface area contributed by atoms with Gasteiger partial charge in [-0.1, -0.05) is 31.5 Å². The smallest absolute Gasteiger partial charge is 0.0926 e. The summed E-state index contributed by atoms with van der Waals surface area (Å²) in [5.41, 5.74) is 4.41. The molecule has 1 aromatic heterocycles. The third-order valence-electron chi connectivity index (χ3n) is 2.62. The third-order valence-corrected chi connectivity index (χ3v) is 2.85. The van der Waals surface area contributed by atoms with Crippen molar-refractivity contribution in [2.75, 3.05) is 0 Å². The van der Waals surface area contributed by atoms with Crippen molar-refractivity contribution in [1.29, 1.82) is 0 Å². The van der Waals surface area contributed by atoms with E-state index in [0.29, 0.717) is 5.92 Å². The van der Waals surface area contributed by atoms with Crippen LogP contribution in [-0.2, 0) is 0 Å². The number of halogens is 1.